The van der Waals surface area contributed by atoms with Crippen molar-refractivity contribution in [3.05, 3.63) is 12.2 Å². The molecule has 2 saturated carbocycles. The summed E-state index contributed by atoms with van der Waals surface area (Å²) in [5.74, 6) is -5.12. The Morgan fingerprint density at radius 3 is 1.93 bits per heavy atom. The molecule has 6 nitrogen and oxygen atoms in total. The second-order valence-corrected chi connectivity index (χ2v) is 11.7. The first-order valence-electron chi connectivity index (χ1n) is 8.36. The smallest absolute Gasteiger partial charge is 0.462 e. The summed E-state index contributed by atoms with van der Waals surface area (Å²) in [5.41, 5.74) is -12.3. The summed E-state index contributed by atoms with van der Waals surface area (Å²) >= 11 is 0. The number of fused-ring (bicyclic) bond motifs is 2. The van der Waals surface area contributed by atoms with Crippen molar-refractivity contribution in [2.24, 2.45) is 23.7 Å². The zero-order valence-electron chi connectivity index (χ0n) is 15.0. The third-order valence-electron chi connectivity index (χ3n) is 5.51. The molecule has 0 aromatic carbocycles. The van der Waals surface area contributed by atoms with Crippen LogP contribution in [0.1, 0.15) is 26.2 Å². The van der Waals surface area contributed by atoms with Gasteiger partial charge in [0.2, 0.25) is 0 Å². The number of sulfone groups is 2. The number of carbonyl (C=O) groups excluding carboxylic acids is 1. The van der Waals surface area contributed by atoms with Gasteiger partial charge in [0.1, 0.15) is 0 Å². The summed E-state index contributed by atoms with van der Waals surface area (Å²) in [4.78, 5) is 11.5. The number of ether oxygens (including phenoxy) is 1. The van der Waals surface area contributed by atoms with Gasteiger partial charge in [0.25, 0.3) is 19.7 Å². The number of alkyl halides is 6. The summed E-state index contributed by atoms with van der Waals surface area (Å²) < 4.78 is 127. The number of rotatable bonds is 6. The molecule has 2 rings (SSSR count). The Morgan fingerprint density at radius 2 is 1.52 bits per heavy atom. The van der Waals surface area contributed by atoms with Crippen molar-refractivity contribution in [1.82, 2.24) is 0 Å². The fourth-order valence-electron chi connectivity index (χ4n) is 4.29. The molecule has 0 amide bonds. The highest BCUT2D eigenvalue weighted by Crippen LogP contribution is 2.57. The molecule has 168 valence electrons. The highest BCUT2D eigenvalue weighted by atomic mass is 32.3. The van der Waals surface area contributed by atoms with Gasteiger partial charge in [-0.1, -0.05) is 6.58 Å². The van der Waals surface area contributed by atoms with E-state index in [4.69, 9.17) is 4.74 Å². The average molecular weight is 472 g/mol. The lowest BCUT2D eigenvalue weighted by atomic mass is 9.89. The Labute approximate surface area is 163 Å². The highest BCUT2D eigenvalue weighted by molar-refractivity contribution is 8.09. The lowest BCUT2D eigenvalue weighted by Gasteiger charge is -2.31. The van der Waals surface area contributed by atoms with Crippen molar-refractivity contribution >= 4 is 25.6 Å². The van der Waals surface area contributed by atoms with E-state index in [1.54, 1.807) is 0 Å². The van der Waals surface area contributed by atoms with Crippen LogP contribution < -0.4 is 0 Å². The van der Waals surface area contributed by atoms with E-state index in [1.165, 1.54) is 6.92 Å². The zero-order chi connectivity index (χ0) is 22.6. The van der Waals surface area contributed by atoms with Crippen molar-refractivity contribution in [2.45, 2.75) is 41.8 Å². The molecule has 0 aromatic heterocycles. The normalized spacial score (nSPS) is 28.0. The molecule has 2 aliphatic rings. The molecule has 0 aromatic rings. The molecular formula is C15H18F6O6S2. The van der Waals surface area contributed by atoms with Gasteiger partial charge in [0.05, 0.1) is 6.61 Å². The number of esters is 1. The van der Waals surface area contributed by atoms with Gasteiger partial charge in [-0.2, -0.15) is 26.3 Å². The van der Waals surface area contributed by atoms with Crippen LogP contribution in [0.4, 0.5) is 26.3 Å². The van der Waals surface area contributed by atoms with Crippen LogP contribution in [0.15, 0.2) is 12.2 Å². The molecule has 29 heavy (non-hydrogen) atoms. The third-order valence-corrected chi connectivity index (χ3v) is 10.2. The van der Waals surface area contributed by atoms with Crippen molar-refractivity contribution in [3.8, 4) is 0 Å². The second-order valence-electron chi connectivity index (χ2n) is 7.29. The molecule has 2 fully saturated rings. The van der Waals surface area contributed by atoms with Gasteiger partial charge in [0, 0.05) is 5.57 Å². The molecule has 4 atom stereocenters. The molecule has 0 saturated heterocycles. The first-order chi connectivity index (χ1) is 12.9. The van der Waals surface area contributed by atoms with Gasteiger partial charge in [-0.25, -0.2) is 21.6 Å². The Bertz CT molecular complexity index is 845. The molecule has 0 radical (unpaired) electrons. The highest BCUT2D eigenvalue weighted by Gasteiger charge is 2.68. The van der Waals surface area contributed by atoms with E-state index in [9.17, 15) is 48.0 Å². The summed E-state index contributed by atoms with van der Waals surface area (Å²) in [6.07, 6.45) is -0.0849. The van der Waals surface area contributed by atoms with Crippen molar-refractivity contribution in [2.75, 3.05) is 6.61 Å². The lowest BCUT2D eigenvalue weighted by Crippen LogP contribution is -2.50. The molecule has 14 heteroatoms. The standard InChI is InChI=1S/C15H18F6O6S2/c1-7(2)12(22)27-6-11-8-3-4-9(11)10(5-8)13(28(23,24)14(16,17)18)29(25,26)15(19,20)21/h8-11,13H,1,3-6H2,2H3. The van der Waals surface area contributed by atoms with E-state index in [1.807, 2.05) is 0 Å². The van der Waals surface area contributed by atoms with Gasteiger partial charge >= 0.3 is 17.0 Å². The topological polar surface area (TPSA) is 94.6 Å². The van der Waals surface area contributed by atoms with Crippen LogP contribution in [0.3, 0.4) is 0 Å². The number of carbonyl (C=O) groups is 1. The van der Waals surface area contributed by atoms with Crippen molar-refractivity contribution < 1.29 is 52.7 Å². The van der Waals surface area contributed by atoms with Crippen LogP contribution in [-0.2, 0) is 29.2 Å². The lowest BCUT2D eigenvalue weighted by molar-refractivity contribution is -0.140. The minimum Gasteiger partial charge on any atom is -0.462 e. The van der Waals surface area contributed by atoms with Crippen LogP contribution >= 0.6 is 0 Å². The van der Waals surface area contributed by atoms with Crippen LogP contribution in [0, 0.1) is 23.7 Å². The van der Waals surface area contributed by atoms with E-state index in [-0.39, 0.29) is 18.6 Å². The van der Waals surface area contributed by atoms with E-state index in [2.05, 4.69) is 6.58 Å². The SMILES string of the molecule is C=C(C)C(=O)OCC1C2CCC1C(C(S(=O)(=O)C(F)(F)F)S(=O)(=O)C(F)(F)F)C2. The summed E-state index contributed by atoms with van der Waals surface area (Å²) in [6.45, 7) is 4.29. The average Bonchev–Trinajstić information content (AvgIpc) is 3.06. The maximum Gasteiger partial charge on any atom is 0.498 e. The van der Waals surface area contributed by atoms with Gasteiger partial charge in [-0.3, -0.25) is 0 Å². The molecule has 0 heterocycles. The van der Waals surface area contributed by atoms with Gasteiger partial charge in [-0.15, -0.1) is 0 Å². The van der Waals surface area contributed by atoms with Crippen LogP contribution in [0.25, 0.3) is 0 Å². The van der Waals surface area contributed by atoms with Gasteiger partial charge in [0.15, 0.2) is 4.58 Å². The van der Waals surface area contributed by atoms with Crippen LogP contribution in [-0.4, -0.2) is 45.0 Å². The Hall–Kier alpha value is -1.31. The molecular weight excluding hydrogens is 454 g/mol. The largest absolute Gasteiger partial charge is 0.498 e. The maximum absolute atomic E-state index is 13.0. The van der Waals surface area contributed by atoms with Gasteiger partial charge < -0.3 is 4.74 Å². The Balaban J connectivity index is 2.44. The molecule has 0 aliphatic heterocycles. The minimum absolute atomic E-state index is 0.0177. The Morgan fingerprint density at radius 1 is 1.03 bits per heavy atom. The molecule has 0 spiro atoms. The summed E-state index contributed by atoms with van der Waals surface area (Å²) in [5, 5.41) is 0. The van der Waals surface area contributed by atoms with E-state index in [0.717, 1.165) is 0 Å². The van der Waals surface area contributed by atoms with E-state index < -0.39 is 71.3 Å². The molecule has 2 bridgehead atoms. The van der Waals surface area contributed by atoms with Crippen LogP contribution in [0.5, 0.6) is 0 Å². The Kier molecular flexibility index (Phi) is 6.14. The van der Waals surface area contributed by atoms with E-state index in [0.29, 0.717) is 6.42 Å². The molecule has 4 unspecified atom stereocenters. The zero-order valence-corrected chi connectivity index (χ0v) is 16.6. The van der Waals surface area contributed by atoms with Crippen molar-refractivity contribution in [3.63, 3.8) is 0 Å². The summed E-state index contributed by atoms with van der Waals surface area (Å²) in [7, 11) is -13.4. The first kappa shape index (κ1) is 24.0. The molecule has 0 N–H and O–H groups in total. The third kappa shape index (κ3) is 4.14. The quantitative estimate of drug-likeness (QED) is 0.335. The number of hydrogen-bond acceptors (Lipinski definition) is 6. The monoisotopic (exact) mass is 472 g/mol. The van der Waals surface area contributed by atoms with E-state index >= 15 is 0 Å². The summed E-state index contributed by atoms with van der Waals surface area (Å²) in [6, 6.07) is 0. The predicted molar refractivity (Wildman–Crippen MR) is 87.3 cm³/mol. The second kappa shape index (κ2) is 7.43. The number of hydrogen-bond donors (Lipinski definition) is 0. The van der Waals surface area contributed by atoms with Crippen molar-refractivity contribution in [1.29, 1.82) is 0 Å². The number of halogens is 6. The maximum atomic E-state index is 13.0. The first-order valence-corrected chi connectivity index (χ1v) is 11.4. The fraction of sp³-hybridized carbons (Fsp3) is 0.800. The van der Waals surface area contributed by atoms with Gasteiger partial charge in [-0.05, 0) is 49.9 Å². The molecule has 2 aliphatic carbocycles. The van der Waals surface area contributed by atoms with Crippen LogP contribution in [0.2, 0.25) is 0 Å². The minimum atomic E-state index is -6.68. The fourth-order valence-corrected chi connectivity index (χ4v) is 8.35. The predicted octanol–water partition coefficient (Wildman–Crippen LogP) is 2.96.